The van der Waals surface area contributed by atoms with Gasteiger partial charge in [-0.1, -0.05) is 35.4 Å². The van der Waals surface area contributed by atoms with E-state index in [-0.39, 0.29) is 30.1 Å². The van der Waals surface area contributed by atoms with Crippen molar-refractivity contribution >= 4 is 5.78 Å². The number of Topliss-reactive ketones (excluding diaryl/α,β-unsaturated/α-hetero) is 1. The summed E-state index contributed by atoms with van der Waals surface area (Å²) >= 11 is 0. The summed E-state index contributed by atoms with van der Waals surface area (Å²) in [5.74, 6) is 0.766. The maximum atomic E-state index is 13.4. The van der Waals surface area contributed by atoms with Gasteiger partial charge in [0.1, 0.15) is 28.9 Å². The van der Waals surface area contributed by atoms with Crippen molar-refractivity contribution in [2.75, 3.05) is 7.11 Å². The number of benzene rings is 2. The van der Waals surface area contributed by atoms with Crippen LogP contribution in [0.5, 0.6) is 17.2 Å². The van der Waals surface area contributed by atoms with Crippen LogP contribution in [-0.4, -0.2) is 33.8 Å². The van der Waals surface area contributed by atoms with Crippen LogP contribution in [0.25, 0.3) is 0 Å². The molecule has 0 saturated carbocycles. The van der Waals surface area contributed by atoms with E-state index in [1.807, 2.05) is 52.8 Å². The standard InChI is InChI=1S/C33H44O6/c1-20(2)10-13-24-23(19-34)17-29-30(31(24)36)27(35)18-28(39-29)25-15-12-22(4)32(38-7)26(25)14-11-21(3)9-8-16-33(5,6)37/h10-12,15,17,28,34,36-37H,8-9,13-14,16,18-19H2,1-7H3/b21-11+/t28-/m0/s1. The summed E-state index contributed by atoms with van der Waals surface area (Å²) < 4.78 is 12.2. The lowest BCUT2D eigenvalue weighted by atomic mass is 9.88. The smallest absolute Gasteiger partial charge is 0.174 e. The highest BCUT2D eigenvalue weighted by molar-refractivity contribution is 6.03. The Bertz CT molecular complexity index is 1260. The van der Waals surface area contributed by atoms with Crippen LogP contribution in [0.15, 0.2) is 41.5 Å². The molecule has 0 aromatic heterocycles. The van der Waals surface area contributed by atoms with Crippen LogP contribution in [-0.2, 0) is 19.4 Å². The van der Waals surface area contributed by atoms with Gasteiger partial charge in [0.2, 0.25) is 0 Å². The van der Waals surface area contributed by atoms with E-state index < -0.39 is 11.7 Å². The molecule has 0 saturated heterocycles. The molecular formula is C33H44O6. The number of hydrogen-bond donors (Lipinski definition) is 3. The summed E-state index contributed by atoms with van der Waals surface area (Å²) in [5.41, 5.74) is 5.75. The van der Waals surface area contributed by atoms with E-state index in [2.05, 4.69) is 13.0 Å². The lowest BCUT2D eigenvalue weighted by molar-refractivity contribution is 0.0689. The number of hydrogen-bond acceptors (Lipinski definition) is 6. The first-order valence-electron chi connectivity index (χ1n) is 13.7. The zero-order valence-electron chi connectivity index (χ0n) is 24.5. The van der Waals surface area contributed by atoms with Gasteiger partial charge in [-0.3, -0.25) is 4.79 Å². The van der Waals surface area contributed by atoms with Gasteiger partial charge in [-0.2, -0.15) is 0 Å². The second kappa shape index (κ2) is 12.8. The molecule has 0 aliphatic carbocycles. The van der Waals surface area contributed by atoms with Gasteiger partial charge in [-0.25, -0.2) is 0 Å². The second-order valence-corrected chi connectivity index (χ2v) is 11.5. The number of ketones is 1. The Labute approximate surface area is 233 Å². The zero-order chi connectivity index (χ0) is 28.9. The Hall–Kier alpha value is -3.09. The van der Waals surface area contributed by atoms with Crippen LogP contribution in [0, 0.1) is 6.92 Å². The van der Waals surface area contributed by atoms with Gasteiger partial charge in [-0.05, 0) is 96.4 Å². The third kappa shape index (κ3) is 7.52. The Morgan fingerprint density at radius 3 is 2.46 bits per heavy atom. The van der Waals surface area contributed by atoms with Crippen LogP contribution in [0.2, 0.25) is 0 Å². The molecule has 212 valence electrons. The normalized spacial score (nSPS) is 15.6. The van der Waals surface area contributed by atoms with Gasteiger partial charge >= 0.3 is 0 Å². The number of ether oxygens (including phenoxy) is 2. The number of phenols is 1. The minimum absolute atomic E-state index is 0.0919. The number of carbonyl (C=O) groups excluding carboxylic acids is 1. The van der Waals surface area contributed by atoms with E-state index in [1.54, 1.807) is 13.2 Å². The van der Waals surface area contributed by atoms with Gasteiger partial charge in [0, 0.05) is 11.1 Å². The quantitative estimate of drug-likeness (QED) is 0.272. The molecule has 6 heteroatoms. The van der Waals surface area contributed by atoms with Crippen molar-refractivity contribution < 1.29 is 29.6 Å². The van der Waals surface area contributed by atoms with E-state index in [0.29, 0.717) is 29.7 Å². The van der Waals surface area contributed by atoms with Gasteiger partial charge in [-0.15, -0.1) is 0 Å². The van der Waals surface area contributed by atoms with Crippen LogP contribution >= 0.6 is 0 Å². The maximum Gasteiger partial charge on any atom is 0.174 e. The summed E-state index contributed by atoms with van der Waals surface area (Å²) in [6, 6.07) is 5.65. The Morgan fingerprint density at radius 1 is 1.15 bits per heavy atom. The van der Waals surface area contributed by atoms with E-state index >= 15 is 0 Å². The van der Waals surface area contributed by atoms with E-state index in [0.717, 1.165) is 47.3 Å². The largest absolute Gasteiger partial charge is 0.507 e. The zero-order valence-corrected chi connectivity index (χ0v) is 24.5. The molecule has 39 heavy (non-hydrogen) atoms. The predicted molar refractivity (Wildman–Crippen MR) is 155 cm³/mol. The molecule has 0 amide bonds. The Kier molecular flexibility index (Phi) is 10.0. The number of aryl methyl sites for hydroxylation is 1. The van der Waals surface area contributed by atoms with Crippen molar-refractivity contribution in [2.24, 2.45) is 0 Å². The number of methoxy groups -OCH3 is 1. The summed E-state index contributed by atoms with van der Waals surface area (Å²) in [6.45, 7) is 11.4. The summed E-state index contributed by atoms with van der Waals surface area (Å²) in [6.07, 6.45) is 7.23. The highest BCUT2D eigenvalue weighted by Gasteiger charge is 2.34. The first-order chi connectivity index (χ1) is 18.4. The van der Waals surface area contributed by atoms with Crippen LogP contribution in [0.1, 0.15) is 105 Å². The molecule has 2 aromatic rings. The van der Waals surface area contributed by atoms with Crippen molar-refractivity contribution in [3.8, 4) is 17.2 Å². The molecule has 0 unspecified atom stereocenters. The number of aliphatic hydroxyl groups is 2. The van der Waals surface area contributed by atoms with Gasteiger partial charge < -0.3 is 24.8 Å². The molecule has 6 nitrogen and oxygen atoms in total. The Balaban J connectivity index is 1.96. The van der Waals surface area contributed by atoms with Crippen molar-refractivity contribution in [3.05, 3.63) is 74.9 Å². The maximum absolute atomic E-state index is 13.4. The molecule has 0 radical (unpaired) electrons. The lowest BCUT2D eigenvalue weighted by Crippen LogP contribution is -2.22. The number of fused-ring (bicyclic) bond motifs is 1. The topological polar surface area (TPSA) is 96.2 Å². The van der Waals surface area contributed by atoms with E-state index in [4.69, 9.17) is 9.47 Å². The molecule has 0 spiro atoms. The summed E-state index contributed by atoms with van der Waals surface area (Å²) in [7, 11) is 1.65. The summed E-state index contributed by atoms with van der Waals surface area (Å²) in [5, 5.41) is 31.1. The van der Waals surface area contributed by atoms with Crippen molar-refractivity contribution in [3.63, 3.8) is 0 Å². The first kappa shape index (κ1) is 30.5. The van der Waals surface area contributed by atoms with E-state index in [1.165, 1.54) is 5.57 Å². The Morgan fingerprint density at radius 2 is 1.85 bits per heavy atom. The number of phenolic OH excluding ortho intramolecular Hbond substituents is 1. The number of aliphatic hydroxyl groups excluding tert-OH is 1. The number of rotatable bonds is 11. The minimum atomic E-state index is -0.676. The van der Waals surface area contributed by atoms with E-state index in [9.17, 15) is 20.1 Å². The fourth-order valence-electron chi connectivity index (χ4n) is 5.15. The van der Waals surface area contributed by atoms with Gasteiger partial charge in [0.25, 0.3) is 0 Å². The second-order valence-electron chi connectivity index (χ2n) is 11.5. The first-order valence-corrected chi connectivity index (χ1v) is 13.7. The number of carbonyl (C=O) groups is 1. The number of allylic oxidation sites excluding steroid dienone is 4. The third-order valence-electron chi connectivity index (χ3n) is 7.32. The molecule has 1 aliphatic heterocycles. The highest BCUT2D eigenvalue weighted by atomic mass is 16.5. The average Bonchev–Trinajstić information content (AvgIpc) is 2.85. The molecular weight excluding hydrogens is 492 g/mol. The predicted octanol–water partition coefficient (Wildman–Crippen LogP) is 6.85. The monoisotopic (exact) mass is 536 g/mol. The molecule has 3 rings (SSSR count). The van der Waals surface area contributed by atoms with Crippen molar-refractivity contribution in [1.82, 2.24) is 0 Å². The fraction of sp³-hybridized carbons (Fsp3) is 0.485. The number of aromatic hydroxyl groups is 1. The van der Waals surface area contributed by atoms with Gasteiger partial charge in [0.05, 0.1) is 25.7 Å². The third-order valence-corrected chi connectivity index (χ3v) is 7.32. The average molecular weight is 537 g/mol. The lowest BCUT2D eigenvalue weighted by Gasteiger charge is -2.29. The highest BCUT2D eigenvalue weighted by Crippen LogP contribution is 2.44. The van der Waals surface area contributed by atoms with Gasteiger partial charge in [0.15, 0.2) is 5.78 Å². The van der Waals surface area contributed by atoms with Crippen LogP contribution in [0.3, 0.4) is 0 Å². The molecule has 1 atom stereocenters. The molecule has 1 heterocycles. The van der Waals surface area contributed by atoms with Crippen molar-refractivity contribution in [2.45, 2.75) is 98.4 Å². The fourth-order valence-corrected chi connectivity index (χ4v) is 5.15. The molecule has 0 bridgehead atoms. The van der Waals surface area contributed by atoms with Crippen LogP contribution < -0.4 is 9.47 Å². The van der Waals surface area contributed by atoms with Crippen molar-refractivity contribution in [1.29, 1.82) is 0 Å². The molecule has 2 aromatic carbocycles. The molecule has 3 N–H and O–H groups in total. The molecule has 1 aliphatic rings. The molecule has 0 fully saturated rings. The summed E-state index contributed by atoms with van der Waals surface area (Å²) in [4.78, 5) is 13.4. The minimum Gasteiger partial charge on any atom is -0.507 e. The SMILES string of the molecule is COc1c(C)ccc([C@@H]2CC(=O)c3c(cc(CO)c(CC=C(C)C)c3O)O2)c1C/C=C(\C)CCCC(C)(C)O. The van der Waals surface area contributed by atoms with Crippen LogP contribution in [0.4, 0.5) is 0 Å².